The number of hydrogen-bond donors (Lipinski definition) is 2. The van der Waals surface area contributed by atoms with Gasteiger partial charge in [-0.3, -0.25) is 9.69 Å². The molecule has 0 radical (unpaired) electrons. The van der Waals surface area contributed by atoms with Gasteiger partial charge in [-0.2, -0.15) is 0 Å². The quantitative estimate of drug-likeness (QED) is 0.872. The van der Waals surface area contributed by atoms with E-state index < -0.39 is 11.6 Å². The third-order valence-corrected chi connectivity index (χ3v) is 5.01. The summed E-state index contributed by atoms with van der Waals surface area (Å²) in [5.74, 6) is -2.04. The summed E-state index contributed by atoms with van der Waals surface area (Å²) in [4.78, 5) is 14.6. The highest BCUT2D eigenvalue weighted by Crippen LogP contribution is 2.34. The molecule has 1 saturated carbocycles. The predicted octanol–water partition coefficient (Wildman–Crippen LogP) is 2.93. The summed E-state index contributed by atoms with van der Waals surface area (Å²) in [6.45, 7) is 2.93. The molecule has 2 fully saturated rings. The first-order chi connectivity index (χ1) is 11.1. The second-order valence-electron chi connectivity index (χ2n) is 6.56. The molecule has 1 aliphatic heterocycles. The number of amides is 1. The first-order valence-electron chi connectivity index (χ1n) is 8.30. The molecule has 1 aromatic carbocycles. The summed E-state index contributed by atoms with van der Waals surface area (Å²) >= 11 is 0. The van der Waals surface area contributed by atoms with Crippen LogP contribution in [0.3, 0.4) is 0 Å². The van der Waals surface area contributed by atoms with Crippen molar-refractivity contribution in [3.63, 3.8) is 0 Å². The number of anilines is 1. The van der Waals surface area contributed by atoms with Crippen LogP contribution in [0.25, 0.3) is 0 Å². The molecule has 1 amide bonds. The van der Waals surface area contributed by atoms with Gasteiger partial charge in [-0.1, -0.05) is 19.3 Å². The summed E-state index contributed by atoms with van der Waals surface area (Å²) in [7, 11) is 0. The van der Waals surface area contributed by atoms with Crippen LogP contribution >= 0.6 is 12.4 Å². The van der Waals surface area contributed by atoms with Crippen molar-refractivity contribution in [3.8, 4) is 0 Å². The highest BCUT2D eigenvalue weighted by atomic mass is 35.5. The van der Waals surface area contributed by atoms with E-state index in [2.05, 4.69) is 15.5 Å². The van der Waals surface area contributed by atoms with E-state index in [1.165, 1.54) is 25.3 Å². The molecule has 1 heterocycles. The number of halogens is 3. The highest BCUT2D eigenvalue weighted by Gasteiger charge is 2.40. The van der Waals surface area contributed by atoms with Crippen LogP contribution in [0.15, 0.2) is 18.2 Å². The topological polar surface area (TPSA) is 44.4 Å². The summed E-state index contributed by atoms with van der Waals surface area (Å²) in [6.07, 6.45) is 5.87. The Morgan fingerprint density at radius 1 is 1.21 bits per heavy atom. The van der Waals surface area contributed by atoms with Gasteiger partial charge in [-0.05, 0) is 25.0 Å². The molecule has 0 aromatic heterocycles. The molecule has 0 bridgehead atoms. The molecule has 2 N–H and O–H groups in total. The van der Waals surface area contributed by atoms with Gasteiger partial charge in [0.05, 0.1) is 6.54 Å². The Morgan fingerprint density at radius 2 is 1.96 bits per heavy atom. The Morgan fingerprint density at radius 3 is 2.67 bits per heavy atom. The molecule has 0 unspecified atom stereocenters. The van der Waals surface area contributed by atoms with Gasteiger partial charge in [0.2, 0.25) is 5.91 Å². The molecule has 7 heteroatoms. The van der Waals surface area contributed by atoms with Crippen molar-refractivity contribution in [1.82, 2.24) is 10.2 Å². The van der Waals surface area contributed by atoms with Crippen molar-refractivity contribution >= 4 is 24.0 Å². The lowest BCUT2D eigenvalue weighted by molar-refractivity contribution is -0.120. The number of benzene rings is 1. The van der Waals surface area contributed by atoms with E-state index in [4.69, 9.17) is 0 Å². The molecule has 1 aromatic rings. The van der Waals surface area contributed by atoms with Crippen molar-refractivity contribution in [2.75, 3.05) is 31.5 Å². The van der Waals surface area contributed by atoms with Crippen molar-refractivity contribution in [2.45, 2.75) is 37.6 Å². The lowest BCUT2D eigenvalue weighted by Gasteiger charge is -2.49. The van der Waals surface area contributed by atoms with Crippen LogP contribution in [0.4, 0.5) is 14.5 Å². The lowest BCUT2D eigenvalue weighted by atomic mass is 9.79. The minimum Gasteiger partial charge on any atom is -0.325 e. The second-order valence-corrected chi connectivity index (χ2v) is 6.56. The van der Waals surface area contributed by atoms with Gasteiger partial charge < -0.3 is 10.6 Å². The lowest BCUT2D eigenvalue weighted by Crippen LogP contribution is -2.63. The molecule has 1 spiro atoms. The van der Waals surface area contributed by atoms with Crippen LogP contribution in [0, 0.1) is 11.6 Å². The largest absolute Gasteiger partial charge is 0.325 e. The Labute approximate surface area is 147 Å². The first-order valence-corrected chi connectivity index (χ1v) is 8.30. The number of rotatable bonds is 3. The normalized spacial score (nSPS) is 20.4. The zero-order valence-corrected chi connectivity index (χ0v) is 14.4. The number of carbonyl (C=O) groups excluding carboxylic acids is 1. The monoisotopic (exact) mass is 359 g/mol. The number of piperazine rings is 1. The zero-order valence-electron chi connectivity index (χ0n) is 13.6. The smallest absolute Gasteiger partial charge is 0.238 e. The number of carbonyl (C=O) groups is 1. The average molecular weight is 360 g/mol. The van der Waals surface area contributed by atoms with Crippen LogP contribution in [0.2, 0.25) is 0 Å². The van der Waals surface area contributed by atoms with E-state index >= 15 is 0 Å². The van der Waals surface area contributed by atoms with Gasteiger partial charge in [-0.25, -0.2) is 8.78 Å². The van der Waals surface area contributed by atoms with E-state index in [1.54, 1.807) is 0 Å². The van der Waals surface area contributed by atoms with Crippen molar-refractivity contribution in [3.05, 3.63) is 29.8 Å². The maximum atomic E-state index is 13.2. The van der Waals surface area contributed by atoms with Gasteiger partial charge >= 0.3 is 0 Å². The molecule has 1 aliphatic carbocycles. The van der Waals surface area contributed by atoms with Crippen LogP contribution in [0.1, 0.15) is 32.1 Å². The fraction of sp³-hybridized carbons (Fsp3) is 0.588. The minimum atomic E-state index is -0.950. The van der Waals surface area contributed by atoms with Crippen molar-refractivity contribution in [1.29, 1.82) is 0 Å². The number of nitrogens with one attached hydrogen (secondary N) is 2. The van der Waals surface area contributed by atoms with Gasteiger partial charge in [0, 0.05) is 36.9 Å². The molecule has 24 heavy (non-hydrogen) atoms. The van der Waals surface area contributed by atoms with Gasteiger partial charge in [-0.15, -0.1) is 12.4 Å². The van der Waals surface area contributed by atoms with E-state index in [-0.39, 0.29) is 23.9 Å². The fourth-order valence-corrected chi connectivity index (χ4v) is 3.78. The van der Waals surface area contributed by atoms with Gasteiger partial charge in [0.15, 0.2) is 11.6 Å². The minimum absolute atomic E-state index is 0. The van der Waals surface area contributed by atoms with Crippen LogP contribution in [-0.4, -0.2) is 42.5 Å². The SMILES string of the molecule is Cl.O=C(CN1CCNCC12CCCCC2)Nc1ccc(F)c(F)c1. The third kappa shape index (κ3) is 4.23. The maximum Gasteiger partial charge on any atom is 0.238 e. The van der Waals surface area contributed by atoms with E-state index in [0.29, 0.717) is 12.2 Å². The van der Waals surface area contributed by atoms with Gasteiger partial charge in [0.25, 0.3) is 0 Å². The molecule has 0 atom stereocenters. The Kier molecular flexibility index (Phi) is 6.54. The second kappa shape index (κ2) is 8.23. The van der Waals surface area contributed by atoms with Crippen LogP contribution in [0.5, 0.6) is 0 Å². The predicted molar refractivity (Wildman–Crippen MR) is 92.5 cm³/mol. The average Bonchev–Trinajstić information content (AvgIpc) is 2.54. The van der Waals surface area contributed by atoms with Crippen molar-refractivity contribution < 1.29 is 13.6 Å². The van der Waals surface area contributed by atoms with E-state index in [9.17, 15) is 13.6 Å². The zero-order chi connectivity index (χ0) is 16.3. The maximum absolute atomic E-state index is 13.2. The molecule has 1 saturated heterocycles. The Balaban J connectivity index is 0.00000208. The number of hydrogen-bond acceptors (Lipinski definition) is 3. The standard InChI is InChI=1S/C17H23F2N3O.ClH/c18-14-5-4-13(10-15(14)19)21-16(23)11-22-9-8-20-12-17(22)6-2-1-3-7-17;/h4-5,10,20H,1-3,6-9,11-12H2,(H,21,23);1H. The third-order valence-electron chi connectivity index (χ3n) is 5.01. The molecule has 4 nitrogen and oxygen atoms in total. The van der Waals surface area contributed by atoms with Crippen LogP contribution < -0.4 is 10.6 Å². The highest BCUT2D eigenvalue weighted by molar-refractivity contribution is 5.92. The molecule has 134 valence electrons. The molecule has 2 aliphatic rings. The molecular formula is C17H24ClF2N3O. The molecular weight excluding hydrogens is 336 g/mol. The Bertz CT molecular complexity index is 571. The number of nitrogens with zero attached hydrogens (tertiary/aromatic N) is 1. The summed E-state index contributed by atoms with van der Waals surface area (Å²) < 4.78 is 26.2. The summed E-state index contributed by atoms with van der Waals surface area (Å²) in [6, 6.07) is 3.42. The van der Waals surface area contributed by atoms with E-state index in [1.807, 2.05) is 0 Å². The van der Waals surface area contributed by atoms with Crippen molar-refractivity contribution in [2.24, 2.45) is 0 Å². The van der Waals surface area contributed by atoms with Gasteiger partial charge in [0.1, 0.15) is 0 Å². The van der Waals surface area contributed by atoms with Crippen LogP contribution in [-0.2, 0) is 4.79 Å². The van der Waals surface area contributed by atoms with E-state index in [0.717, 1.165) is 44.6 Å². The fourth-order valence-electron chi connectivity index (χ4n) is 3.78. The molecule has 3 rings (SSSR count). The summed E-state index contributed by atoms with van der Waals surface area (Å²) in [5, 5.41) is 6.12. The Hall–Kier alpha value is -1.24. The summed E-state index contributed by atoms with van der Waals surface area (Å²) in [5.41, 5.74) is 0.365. The first kappa shape index (κ1) is 19.1.